The molecule has 3 rings (SSSR count). The lowest BCUT2D eigenvalue weighted by atomic mass is 10.0. The molecule has 0 aliphatic rings. The number of amides is 2. The topological polar surface area (TPSA) is 58.6 Å². The Morgan fingerprint density at radius 2 is 1.56 bits per heavy atom. The minimum Gasteiger partial charge on any atom is -0.483 e. The Hall–Kier alpha value is -3.60. The summed E-state index contributed by atoms with van der Waals surface area (Å²) in [5.41, 5.74) is 4.07. The molecular weight excluding hydrogens is 424 g/mol. The van der Waals surface area contributed by atoms with Crippen molar-refractivity contribution >= 4 is 11.8 Å². The highest BCUT2D eigenvalue weighted by Crippen LogP contribution is 2.20. The number of carbonyl (C=O) groups is 2. The van der Waals surface area contributed by atoms with Gasteiger partial charge in [-0.25, -0.2) is 0 Å². The largest absolute Gasteiger partial charge is 0.483 e. The second-order valence-corrected chi connectivity index (χ2v) is 8.56. The standard InChI is InChI=1S/C29H34N2O3/c1-4-17-30-29(33)26(19-24-11-7-5-8-12-24)31(20-25-13-9-6-10-14-25)28(32)21-34-27-16-15-22(2)18-23(27)3/h5-16,18,26H,4,17,19-21H2,1-3H3,(H,30,33). The zero-order valence-corrected chi connectivity index (χ0v) is 20.3. The normalized spacial score (nSPS) is 11.5. The Bertz CT molecular complexity index is 1070. The Morgan fingerprint density at radius 1 is 0.912 bits per heavy atom. The number of benzene rings is 3. The van der Waals surface area contributed by atoms with E-state index in [9.17, 15) is 9.59 Å². The zero-order chi connectivity index (χ0) is 24.3. The van der Waals surface area contributed by atoms with Gasteiger partial charge in [0.15, 0.2) is 6.61 Å². The molecule has 3 aromatic rings. The summed E-state index contributed by atoms with van der Waals surface area (Å²) in [5, 5.41) is 2.99. The number of nitrogens with one attached hydrogen (secondary N) is 1. The SMILES string of the molecule is CCCNC(=O)C(Cc1ccccc1)N(Cc1ccccc1)C(=O)COc1ccc(C)cc1C. The van der Waals surface area contributed by atoms with Crippen molar-refractivity contribution in [3.8, 4) is 5.75 Å². The second kappa shape index (κ2) is 12.6. The van der Waals surface area contributed by atoms with Crippen molar-refractivity contribution in [2.75, 3.05) is 13.2 Å². The smallest absolute Gasteiger partial charge is 0.261 e. The van der Waals surface area contributed by atoms with E-state index < -0.39 is 6.04 Å². The molecule has 5 heteroatoms. The number of ether oxygens (including phenoxy) is 1. The number of hydrogen-bond donors (Lipinski definition) is 1. The summed E-state index contributed by atoms with van der Waals surface area (Å²) in [6.45, 7) is 6.75. The fourth-order valence-corrected chi connectivity index (χ4v) is 3.88. The Kier molecular flexibility index (Phi) is 9.27. The summed E-state index contributed by atoms with van der Waals surface area (Å²) >= 11 is 0. The van der Waals surface area contributed by atoms with E-state index in [2.05, 4.69) is 5.32 Å². The summed E-state index contributed by atoms with van der Waals surface area (Å²) in [6, 6.07) is 24.8. The van der Waals surface area contributed by atoms with E-state index in [-0.39, 0.29) is 18.4 Å². The Morgan fingerprint density at radius 3 is 2.18 bits per heavy atom. The van der Waals surface area contributed by atoms with Gasteiger partial charge in [-0.1, -0.05) is 85.3 Å². The van der Waals surface area contributed by atoms with E-state index in [4.69, 9.17) is 4.74 Å². The van der Waals surface area contributed by atoms with Crippen molar-refractivity contribution in [2.24, 2.45) is 0 Å². The molecule has 1 N–H and O–H groups in total. The lowest BCUT2D eigenvalue weighted by Gasteiger charge is -2.31. The van der Waals surface area contributed by atoms with Gasteiger partial charge >= 0.3 is 0 Å². The number of hydrogen-bond acceptors (Lipinski definition) is 3. The lowest BCUT2D eigenvalue weighted by molar-refractivity contribution is -0.142. The fourth-order valence-electron chi connectivity index (χ4n) is 3.88. The van der Waals surface area contributed by atoms with Gasteiger partial charge in [-0.05, 0) is 43.0 Å². The van der Waals surface area contributed by atoms with Gasteiger partial charge in [-0.3, -0.25) is 9.59 Å². The van der Waals surface area contributed by atoms with Gasteiger partial charge in [0, 0.05) is 19.5 Å². The molecule has 0 aromatic heterocycles. The molecular formula is C29H34N2O3. The van der Waals surface area contributed by atoms with Crippen LogP contribution < -0.4 is 10.1 Å². The van der Waals surface area contributed by atoms with Crippen molar-refractivity contribution in [1.29, 1.82) is 0 Å². The first-order valence-electron chi connectivity index (χ1n) is 11.8. The highest BCUT2D eigenvalue weighted by molar-refractivity contribution is 5.88. The van der Waals surface area contributed by atoms with E-state index in [0.29, 0.717) is 25.3 Å². The molecule has 178 valence electrons. The molecule has 5 nitrogen and oxygen atoms in total. The highest BCUT2D eigenvalue weighted by atomic mass is 16.5. The van der Waals surface area contributed by atoms with E-state index in [1.165, 1.54) is 0 Å². The zero-order valence-electron chi connectivity index (χ0n) is 20.3. The summed E-state index contributed by atoms with van der Waals surface area (Å²) in [5.74, 6) is 0.298. The van der Waals surface area contributed by atoms with Crippen molar-refractivity contribution in [2.45, 2.75) is 46.2 Å². The predicted molar refractivity (Wildman–Crippen MR) is 136 cm³/mol. The first kappa shape index (κ1) is 25.0. The number of nitrogens with zero attached hydrogens (tertiary/aromatic N) is 1. The van der Waals surface area contributed by atoms with E-state index in [1.807, 2.05) is 99.6 Å². The maximum absolute atomic E-state index is 13.5. The van der Waals surface area contributed by atoms with Crippen LogP contribution in [0, 0.1) is 13.8 Å². The first-order valence-corrected chi connectivity index (χ1v) is 11.8. The molecule has 34 heavy (non-hydrogen) atoms. The molecule has 0 aliphatic carbocycles. The summed E-state index contributed by atoms with van der Waals surface area (Å²) in [7, 11) is 0. The molecule has 0 heterocycles. The average molecular weight is 459 g/mol. The van der Waals surface area contributed by atoms with Gasteiger partial charge in [0.05, 0.1) is 0 Å². The summed E-state index contributed by atoms with van der Waals surface area (Å²) < 4.78 is 5.91. The van der Waals surface area contributed by atoms with E-state index >= 15 is 0 Å². The van der Waals surface area contributed by atoms with Gasteiger partial charge in [-0.15, -0.1) is 0 Å². The maximum Gasteiger partial charge on any atom is 0.261 e. The van der Waals surface area contributed by atoms with Gasteiger partial charge in [0.1, 0.15) is 11.8 Å². The minimum absolute atomic E-state index is 0.136. The van der Waals surface area contributed by atoms with Gasteiger partial charge < -0.3 is 15.0 Å². The van der Waals surface area contributed by atoms with Crippen LogP contribution in [-0.4, -0.2) is 35.9 Å². The highest BCUT2D eigenvalue weighted by Gasteiger charge is 2.30. The average Bonchev–Trinajstić information content (AvgIpc) is 2.85. The molecule has 0 saturated carbocycles. The van der Waals surface area contributed by atoms with Gasteiger partial charge in [0.2, 0.25) is 5.91 Å². The van der Waals surface area contributed by atoms with Crippen LogP contribution >= 0.6 is 0 Å². The number of rotatable bonds is 11. The number of aryl methyl sites for hydroxylation is 2. The van der Waals surface area contributed by atoms with Crippen molar-refractivity contribution in [1.82, 2.24) is 10.2 Å². The fraction of sp³-hybridized carbons (Fsp3) is 0.310. The molecule has 0 aliphatic heterocycles. The third-order valence-electron chi connectivity index (χ3n) is 5.70. The predicted octanol–water partition coefficient (Wildman–Crippen LogP) is 4.85. The van der Waals surface area contributed by atoms with Crippen molar-refractivity contribution in [3.63, 3.8) is 0 Å². The van der Waals surface area contributed by atoms with Crippen LogP contribution in [0.4, 0.5) is 0 Å². The van der Waals surface area contributed by atoms with Crippen LogP contribution in [0.1, 0.15) is 35.6 Å². The quantitative estimate of drug-likeness (QED) is 0.447. The van der Waals surface area contributed by atoms with Crippen LogP contribution in [-0.2, 0) is 22.6 Å². The first-order chi connectivity index (χ1) is 16.5. The third kappa shape index (κ3) is 7.20. The second-order valence-electron chi connectivity index (χ2n) is 8.56. The van der Waals surface area contributed by atoms with Crippen LogP contribution in [0.3, 0.4) is 0 Å². The molecule has 3 aromatic carbocycles. The number of carbonyl (C=O) groups excluding carboxylic acids is 2. The molecule has 0 radical (unpaired) electrons. The lowest BCUT2D eigenvalue weighted by Crippen LogP contribution is -2.51. The van der Waals surface area contributed by atoms with Gasteiger partial charge in [0.25, 0.3) is 5.91 Å². The Balaban J connectivity index is 1.87. The van der Waals surface area contributed by atoms with Crippen LogP contribution in [0.25, 0.3) is 0 Å². The van der Waals surface area contributed by atoms with Crippen LogP contribution in [0.15, 0.2) is 78.9 Å². The van der Waals surface area contributed by atoms with Crippen molar-refractivity contribution in [3.05, 3.63) is 101 Å². The third-order valence-corrected chi connectivity index (χ3v) is 5.70. The Labute approximate surface area is 202 Å². The molecule has 1 atom stereocenters. The summed E-state index contributed by atoms with van der Waals surface area (Å²) in [4.78, 5) is 28.4. The van der Waals surface area contributed by atoms with Crippen LogP contribution in [0.5, 0.6) is 5.75 Å². The van der Waals surface area contributed by atoms with Gasteiger partial charge in [-0.2, -0.15) is 0 Å². The monoisotopic (exact) mass is 458 g/mol. The van der Waals surface area contributed by atoms with E-state index in [1.54, 1.807) is 4.90 Å². The molecule has 0 bridgehead atoms. The molecule has 0 spiro atoms. The molecule has 0 saturated heterocycles. The summed E-state index contributed by atoms with van der Waals surface area (Å²) in [6.07, 6.45) is 1.25. The minimum atomic E-state index is -0.649. The van der Waals surface area contributed by atoms with Crippen molar-refractivity contribution < 1.29 is 14.3 Å². The molecule has 2 amide bonds. The molecule has 1 unspecified atom stereocenters. The molecule has 0 fully saturated rings. The van der Waals surface area contributed by atoms with Crippen LogP contribution in [0.2, 0.25) is 0 Å². The maximum atomic E-state index is 13.5. The van der Waals surface area contributed by atoms with E-state index in [0.717, 1.165) is 28.7 Å².